The molecule has 0 radical (unpaired) electrons. The highest BCUT2D eigenvalue weighted by atomic mass is 35.5. The highest BCUT2D eigenvalue weighted by Crippen LogP contribution is 2.46. The Labute approximate surface area is 147 Å². The standard InChI is InChI=1S/C13H16ClF3N2O5S/c1-6(2)9(20)19-7(14)5-18(25(22,23)13(15,16)17)8-10(19)24-11(21)12(8,3)4/h5-6,8,10H,1-4H3. The lowest BCUT2D eigenvalue weighted by atomic mass is 9.85. The molecule has 0 N–H and O–H groups in total. The normalized spacial score (nSPS) is 26.4. The number of hydrogen-bond acceptors (Lipinski definition) is 5. The van der Waals surface area contributed by atoms with Gasteiger partial charge in [0, 0.05) is 5.92 Å². The van der Waals surface area contributed by atoms with Crippen LogP contribution in [-0.2, 0) is 24.3 Å². The number of fused-ring (bicyclic) bond motifs is 1. The van der Waals surface area contributed by atoms with Crippen LogP contribution in [0.25, 0.3) is 0 Å². The maximum absolute atomic E-state index is 13.0. The van der Waals surface area contributed by atoms with E-state index in [0.717, 1.165) is 4.90 Å². The molecule has 1 amide bonds. The fourth-order valence-corrected chi connectivity index (χ4v) is 4.14. The maximum atomic E-state index is 13.0. The number of hydrogen-bond donors (Lipinski definition) is 0. The van der Waals surface area contributed by atoms with Crippen LogP contribution in [0, 0.1) is 11.3 Å². The van der Waals surface area contributed by atoms with Crippen LogP contribution >= 0.6 is 11.6 Å². The maximum Gasteiger partial charge on any atom is 0.516 e. The van der Waals surface area contributed by atoms with Gasteiger partial charge in [-0.2, -0.15) is 21.6 Å². The molecule has 0 bridgehead atoms. The molecule has 2 atom stereocenters. The molecule has 0 aromatic heterocycles. The lowest BCUT2D eigenvalue weighted by molar-refractivity contribution is -0.157. The molecule has 2 unspecified atom stereocenters. The molecule has 25 heavy (non-hydrogen) atoms. The SMILES string of the molecule is CC(C)C(=O)N1C(Cl)=CN(S(=O)(=O)C(F)(F)F)C2C1OC(=O)C2(C)C. The van der Waals surface area contributed by atoms with Crippen LogP contribution in [0.2, 0.25) is 0 Å². The molecule has 0 aromatic carbocycles. The molecule has 1 saturated heterocycles. The topological polar surface area (TPSA) is 84.0 Å². The fraction of sp³-hybridized carbons (Fsp3) is 0.692. The van der Waals surface area contributed by atoms with E-state index in [4.69, 9.17) is 16.3 Å². The molecule has 0 aromatic rings. The number of alkyl halides is 3. The summed E-state index contributed by atoms with van der Waals surface area (Å²) < 4.78 is 67.9. The van der Waals surface area contributed by atoms with E-state index in [2.05, 4.69) is 0 Å². The third kappa shape index (κ3) is 2.86. The molecule has 1 fully saturated rings. The second-order valence-electron chi connectivity index (χ2n) is 6.56. The van der Waals surface area contributed by atoms with Crippen molar-refractivity contribution >= 4 is 33.5 Å². The molecule has 0 saturated carbocycles. The third-order valence-corrected chi connectivity index (χ3v) is 5.81. The minimum atomic E-state index is -5.85. The zero-order valence-corrected chi connectivity index (χ0v) is 15.2. The molecule has 0 aliphatic carbocycles. The van der Waals surface area contributed by atoms with Crippen LogP contribution in [0.4, 0.5) is 13.2 Å². The van der Waals surface area contributed by atoms with Crippen molar-refractivity contribution in [2.24, 2.45) is 11.3 Å². The number of halogens is 4. The van der Waals surface area contributed by atoms with Gasteiger partial charge in [0.05, 0.1) is 11.6 Å². The van der Waals surface area contributed by atoms with E-state index in [9.17, 15) is 31.2 Å². The predicted molar refractivity (Wildman–Crippen MR) is 79.9 cm³/mol. The van der Waals surface area contributed by atoms with Crippen LogP contribution in [0.15, 0.2) is 11.4 Å². The molecule has 2 heterocycles. The molecule has 142 valence electrons. The Hall–Kier alpha value is -1.49. The Morgan fingerprint density at radius 2 is 1.88 bits per heavy atom. The lowest BCUT2D eigenvalue weighted by Gasteiger charge is -2.43. The lowest BCUT2D eigenvalue weighted by Crippen LogP contribution is -2.60. The van der Waals surface area contributed by atoms with Crippen molar-refractivity contribution in [3.05, 3.63) is 11.4 Å². The number of rotatable bonds is 2. The number of carbonyl (C=O) groups excluding carboxylic acids is 2. The van der Waals surface area contributed by atoms with Crippen LogP contribution in [-0.4, -0.2) is 47.3 Å². The smallest absolute Gasteiger partial charge is 0.438 e. The van der Waals surface area contributed by atoms with E-state index in [-0.39, 0.29) is 4.31 Å². The Balaban J connectivity index is 2.68. The first kappa shape index (κ1) is 19.8. The van der Waals surface area contributed by atoms with E-state index < -0.39 is 56.2 Å². The van der Waals surface area contributed by atoms with Gasteiger partial charge < -0.3 is 4.74 Å². The van der Waals surface area contributed by atoms with Crippen molar-refractivity contribution in [2.75, 3.05) is 0 Å². The number of ether oxygens (including phenoxy) is 1. The fourth-order valence-electron chi connectivity index (χ4n) is 2.66. The van der Waals surface area contributed by atoms with Crippen LogP contribution in [0.3, 0.4) is 0 Å². The predicted octanol–water partition coefficient (Wildman–Crippen LogP) is 1.95. The Morgan fingerprint density at radius 3 is 2.32 bits per heavy atom. The second-order valence-corrected chi connectivity index (χ2v) is 8.78. The molecular weight excluding hydrogens is 389 g/mol. The van der Waals surface area contributed by atoms with Crippen molar-refractivity contribution in [3.63, 3.8) is 0 Å². The molecule has 7 nitrogen and oxygen atoms in total. The van der Waals surface area contributed by atoms with E-state index in [1.54, 1.807) is 0 Å². The minimum absolute atomic E-state index is 0.0327. The highest BCUT2D eigenvalue weighted by molar-refractivity contribution is 7.90. The molecule has 0 spiro atoms. The van der Waals surface area contributed by atoms with Gasteiger partial charge in [-0.3, -0.25) is 18.8 Å². The van der Waals surface area contributed by atoms with E-state index in [1.165, 1.54) is 27.7 Å². The summed E-state index contributed by atoms with van der Waals surface area (Å²) in [5, 5.41) is -0.585. The number of nitrogens with zero attached hydrogens (tertiary/aromatic N) is 2. The van der Waals surface area contributed by atoms with Gasteiger partial charge in [-0.15, -0.1) is 0 Å². The Morgan fingerprint density at radius 1 is 1.36 bits per heavy atom. The summed E-state index contributed by atoms with van der Waals surface area (Å²) in [7, 11) is -5.85. The van der Waals surface area contributed by atoms with Gasteiger partial charge in [0.1, 0.15) is 11.2 Å². The molecule has 12 heteroatoms. The first-order valence-electron chi connectivity index (χ1n) is 7.15. The van der Waals surface area contributed by atoms with Crippen molar-refractivity contribution in [1.29, 1.82) is 0 Å². The third-order valence-electron chi connectivity index (χ3n) is 4.06. The zero-order valence-electron chi connectivity index (χ0n) is 13.7. The number of amides is 1. The van der Waals surface area contributed by atoms with Crippen LogP contribution in [0.1, 0.15) is 27.7 Å². The van der Waals surface area contributed by atoms with Gasteiger partial charge in [0.15, 0.2) is 0 Å². The Bertz CT molecular complexity index is 747. The summed E-state index contributed by atoms with van der Waals surface area (Å²) in [6.45, 7) is 5.51. The summed E-state index contributed by atoms with van der Waals surface area (Å²) in [6.07, 6.45) is -1.10. The number of esters is 1. The van der Waals surface area contributed by atoms with Crippen LogP contribution in [0.5, 0.6) is 0 Å². The van der Waals surface area contributed by atoms with Crippen LogP contribution < -0.4 is 0 Å². The first-order valence-corrected chi connectivity index (χ1v) is 8.97. The summed E-state index contributed by atoms with van der Waals surface area (Å²) in [5.41, 5.74) is -7.25. The van der Waals surface area contributed by atoms with Gasteiger partial charge in [-0.25, -0.2) is 0 Å². The first-order chi connectivity index (χ1) is 11.1. The van der Waals surface area contributed by atoms with Gasteiger partial charge >= 0.3 is 21.5 Å². The van der Waals surface area contributed by atoms with E-state index in [1.807, 2.05) is 0 Å². The van der Waals surface area contributed by atoms with Crippen molar-refractivity contribution < 1.29 is 35.9 Å². The zero-order chi connectivity index (χ0) is 19.5. The average molecular weight is 405 g/mol. The molecule has 2 rings (SSSR count). The summed E-state index contributed by atoms with van der Waals surface area (Å²) in [4.78, 5) is 25.3. The van der Waals surface area contributed by atoms with Crippen molar-refractivity contribution in [2.45, 2.75) is 45.5 Å². The van der Waals surface area contributed by atoms with E-state index in [0.29, 0.717) is 6.20 Å². The quantitative estimate of drug-likeness (QED) is 0.519. The molecular formula is C13H16ClF3N2O5S. The number of carbonyl (C=O) groups is 2. The van der Waals surface area contributed by atoms with Gasteiger partial charge in [-0.05, 0) is 13.8 Å². The monoisotopic (exact) mass is 404 g/mol. The molecule has 2 aliphatic heterocycles. The largest absolute Gasteiger partial charge is 0.516 e. The average Bonchev–Trinajstić information content (AvgIpc) is 2.66. The van der Waals surface area contributed by atoms with Gasteiger partial charge in [0.25, 0.3) is 0 Å². The van der Waals surface area contributed by atoms with Crippen molar-refractivity contribution in [1.82, 2.24) is 9.21 Å². The van der Waals surface area contributed by atoms with E-state index >= 15 is 0 Å². The Kier molecular flexibility index (Phi) is 4.57. The molecule has 2 aliphatic rings. The van der Waals surface area contributed by atoms with Crippen molar-refractivity contribution in [3.8, 4) is 0 Å². The second kappa shape index (κ2) is 5.76. The summed E-state index contributed by atoms with van der Waals surface area (Å²) in [6, 6.07) is -1.61. The van der Waals surface area contributed by atoms with Gasteiger partial charge in [-0.1, -0.05) is 25.4 Å². The summed E-state index contributed by atoms with van der Waals surface area (Å²) in [5.74, 6) is -2.17. The highest BCUT2D eigenvalue weighted by Gasteiger charge is 2.64. The minimum Gasteiger partial charge on any atom is -0.438 e. The summed E-state index contributed by atoms with van der Waals surface area (Å²) >= 11 is 5.88. The van der Waals surface area contributed by atoms with Gasteiger partial charge in [0.2, 0.25) is 12.1 Å². The number of sulfonamides is 1.